The van der Waals surface area contributed by atoms with E-state index in [1.807, 2.05) is 0 Å². The molecule has 0 aliphatic rings. The molecule has 2 N–H and O–H groups in total. The number of allylic oxidation sites excluding steroid dienone is 1. The summed E-state index contributed by atoms with van der Waals surface area (Å²) in [5.74, 6) is -0.00632. The van der Waals surface area contributed by atoms with Crippen molar-refractivity contribution >= 4 is 5.78 Å². The third-order valence-electron chi connectivity index (χ3n) is 1.76. The van der Waals surface area contributed by atoms with Crippen molar-refractivity contribution in [2.45, 2.75) is 19.4 Å². The third-order valence-corrected chi connectivity index (χ3v) is 1.76. The van der Waals surface area contributed by atoms with Gasteiger partial charge in [0.2, 0.25) is 0 Å². The van der Waals surface area contributed by atoms with E-state index in [0.717, 1.165) is 0 Å². The second kappa shape index (κ2) is 5.29. The fraction of sp³-hybridized carbons (Fsp3) is 0.444. The molecule has 0 unspecified atom stereocenters. The number of Topliss-reactive ketones (excluding diaryl/α,β-unsaturated/α-hetero) is 1. The molecule has 0 amide bonds. The summed E-state index contributed by atoms with van der Waals surface area (Å²) in [5.41, 5.74) is 5.74. The van der Waals surface area contributed by atoms with Crippen molar-refractivity contribution in [2.75, 3.05) is 6.54 Å². The number of rotatable bonds is 6. The van der Waals surface area contributed by atoms with Gasteiger partial charge in [0.05, 0.1) is 12.7 Å². The zero-order chi connectivity index (χ0) is 10.4. The average molecular weight is 194 g/mol. The van der Waals surface area contributed by atoms with Crippen molar-refractivity contribution in [1.29, 1.82) is 0 Å². The highest BCUT2D eigenvalue weighted by atomic mass is 16.1. The molecular formula is C9H14N4O. The van der Waals surface area contributed by atoms with Crippen LogP contribution in [0.1, 0.15) is 23.3 Å². The molecule has 1 heterocycles. The zero-order valence-corrected chi connectivity index (χ0v) is 8.02. The molecule has 14 heavy (non-hydrogen) atoms. The number of aromatic nitrogens is 3. The molecule has 1 aromatic heterocycles. The Hall–Kier alpha value is -1.49. The SMILES string of the molecule is C=CCCC(=O)c1cn(CCN)nn1. The van der Waals surface area contributed by atoms with Crippen molar-refractivity contribution in [1.82, 2.24) is 15.0 Å². The molecule has 0 saturated heterocycles. The van der Waals surface area contributed by atoms with Crippen LogP contribution in [0.15, 0.2) is 18.9 Å². The van der Waals surface area contributed by atoms with Crippen molar-refractivity contribution in [2.24, 2.45) is 5.73 Å². The Balaban J connectivity index is 2.57. The minimum atomic E-state index is -0.00632. The van der Waals surface area contributed by atoms with Crippen molar-refractivity contribution in [3.8, 4) is 0 Å². The molecule has 0 radical (unpaired) electrons. The van der Waals surface area contributed by atoms with Crippen LogP contribution in [0.2, 0.25) is 0 Å². The van der Waals surface area contributed by atoms with E-state index in [9.17, 15) is 4.79 Å². The number of nitrogens with zero attached hydrogens (tertiary/aromatic N) is 3. The van der Waals surface area contributed by atoms with Crippen LogP contribution < -0.4 is 5.73 Å². The van der Waals surface area contributed by atoms with Gasteiger partial charge in [0.1, 0.15) is 5.69 Å². The van der Waals surface area contributed by atoms with E-state index in [-0.39, 0.29) is 5.78 Å². The topological polar surface area (TPSA) is 73.8 Å². The molecule has 0 aliphatic carbocycles. The van der Waals surface area contributed by atoms with Crippen LogP contribution in [0.25, 0.3) is 0 Å². The van der Waals surface area contributed by atoms with Gasteiger partial charge in [-0.05, 0) is 6.42 Å². The Labute approximate surface area is 82.6 Å². The first kappa shape index (κ1) is 10.6. The fourth-order valence-electron chi connectivity index (χ4n) is 1.03. The highest BCUT2D eigenvalue weighted by Gasteiger charge is 2.08. The summed E-state index contributed by atoms with van der Waals surface area (Å²) in [5, 5.41) is 7.54. The van der Waals surface area contributed by atoms with E-state index in [1.165, 1.54) is 0 Å². The molecule has 0 spiro atoms. The van der Waals surface area contributed by atoms with E-state index in [2.05, 4.69) is 16.9 Å². The summed E-state index contributed by atoms with van der Waals surface area (Å²) in [4.78, 5) is 11.4. The minimum Gasteiger partial charge on any atom is -0.329 e. The van der Waals surface area contributed by atoms with E-state index < -0.39 is 0 Å². The number of carbonyl (C=O) groups excluding carboxylic acids is 1. The summed E-state index contributed by atoms with van der Waals surface area (Å²) < 4.78 is 1.57. The number of hydrogen-bond donors (Lipinski definition) is 1. The van der Waals surface area contributed by atoms with Gasteiger partial charge in [-0.25, -0.2) is 0 Å². The van der Waals surface area contributed by atoms with Gasteiger partial charge in [0.15, 0.2) is 5.78 Å². The summed E-state index contributed by atoms with van der Waals surface area (Å²) in [6.07, 6.45) is 4.44. The van der Waals surface area contributed by atoms with Gasteiger partial charge in [0.25, 0.3) is 0 Å². The van der Waals surface area contributed by atoms with E-state index in [4.69, 9.17) is 5.73 Å². The number of nitrogens with two attached hydrogens (primary N) is 1. The molecule has 5 nitrogen and oxygen atoms in total. The third kappa shape index (κ3) is 2.77. The molecular weight excluding hydrogens is 180 g/mol. The number of hydrogen-bond acceptors (Lipinski definition) is 4. The first-order valence-corrected chi connectivity index (χ1v) is 4.52. The maximum Gasteiger partial charge on any atom is 0.185 e. The fourth-order valence-corrected chi connectivity index (χ4v) is 1.03. The molecule has 0 fully saturated rings. The zero-order valence-electron chi connectivity index (χ0n) is 8.02. The van der Waals surface area contributed by atoms with Gasteiger partial charge in [0, 0.05) is 13.0 Å². The van der Waals surface area contributed by atoms with E-state index in [1.54, 1.807) is 17.0 Å². The Morgan fingerprint density at radius 2 is 2.50 bits per heavy atom. The Bertz CT molecular complexity index is 318. The van der Waals surface area contributed by atoms with Gasteiger partial charge in [-0.1, -0.05) is 11.3 Å². The molecule has 0 saturated carbocycles. The minimum absolute atomic E-state index is 0.00632. The van der Waals surface area contributed by atoms with Gasteiger partial charge in [-0.3, -0.25) is 9.48 Å². The largest absolute Gasteiger partial charge is 0.329 e. The Kier molecular flexibility index (Phi) is 4.00. The van der Waals surface area contributed by atoms with Crippen LogP contribution >= 0.6 is 0 Å². The summed E-state index contributed by atoms with van der Waals surface area (Å²) in [6, 6.07) is 0. The summed E-state index contributed by atoms with van der Waals surface area (Å²) >= 11 is 0. The number of ketones is 1. The van der Waals surface area contributed by atoms with Gasteiger partial charge < -0.3 is 5.73 Å². The number of carbonyl (C=O) groups is 1. The van der Waals surface area contributed by atoms with E-state index >= 15 is 0 Å². The lowest BCUT2D eigenvalue weighted by molar-refractivity contribution is 0.0979. The first-order chi connectivity index (χ1) is 6.77. The molecule has 1 aromatic rings. The van der Waals surface area contributed by atoms with Crippen LogP contribution in [0.4, 0.5) is 0 Å². The van der Waals surface area contributed by atoms with Crippen LogP contribution in [0.5, 0.6) is 0 Å². The van der Waals surface area contributed by atoms with Crippen LogP contribution in [-0.4, -0.2) is 27.3 Å². The standard InChI is InChI=1S/C9H14N4O/c1-2-3-4-9(14)8-7-13(6-5-10)12-11-8/h2,7H,1,3-6,10H2. The molecule has 1 rings (SSSR count). The Morgan fingerprint density at radius 1 is 1.71 bits per heavy atom. The average Bonchev–Trinajstić information content (AvgIpc) is 2.63. The second-order valence-corrected chi connectivity index (χ2v) is 2.91. The maximum atomic E-state index is 11.4. The normalized spacial score (nSPS) is 10.1. The van der Waals surface area contributed by atoms with Crippen molar-refractivity contribution < 1.29 is 4.79 Å². The summed E-state index contributed by atoms with van der Waals surface area (Å²) in [7, 11) is 0. The van der Waals surface area contributed by atoms with Gasteiger partial charge in [-0.2, -0.15) is 0 Å². The van der Waals surface area contributed by atoms with Crippen LogP contribution in [-0.2, 0) is 6.54 Å². The quantitative estimate of drug-likeness (QED) is 0.525. The molecule has 0 aromatic carbocycles. The van der Waals surface area contributed by atoms with Crippen LogP contribution in [0, 0.1) is 0 Å². The predicted molar refractivity (Wildman–Crippen MR) is 52.8 cm³/mol. The highest BCUT2D eigenvalue weighted by molar-refractivity contribution is 5.93. The van der Waals surface area contributed by atoms with Crippen molar-refractivity contribution in [3.63, 3.8) is 0 Å². The maximum absolute atomic E-state index is 11.4. The smallest absolute Gasteiger partial charge is 0.185 e. The van der Waals surface area contributed by atoms with Gasteiger partial charge >= 0.3 is 0 Å². The summed E-state index contributed by atoms with van der Waals surface area (Å²) in [6.45, 7) is 4.63. The monoisotopic (exact) mass is 194 g/mol. The van der Waals surface area contributed by atoms with E-state index in [0.29, 0.717) is 31.6 Å². The predicted octanol–water partition coefficient (Wildman–Crippen LogP) is 0.386. The lowest BCUT2D eigenvalue weighted by Crippen LogP contribution is -2.10. The lowest BCUT2D eigenvalue weighted by atomic mass is 10.2. The lowest BCUT2D eigenvalue weighted by Gasteiger charge is -1.93. The van der Waals surface area contributed by atoms with Crippen molar-refractivity contribution in [3.05, 3.63) is 24.5 Å². The first-order valence-electron chi connectivity index (χ1n) is 4.52. The molecule has 76 valence electrons. The molecule has 0 atom stereocenters. The molecule has 5 heteroatoms. The second-order valence-electron chi connectivity index (χ2n) is 2.91. The van der Waals surface area contributed by atoms with Gasteiger partial charge in [-0.15, -0.1) is 11.7 Å². The van der Waals surface area contributed by atoms with Crippen LogP contribution in [0.3, 0.4) is 0 Å². The Morgan fingerprint density at radius 3 is 3.14 bits per heavy atom. The highest BCUT2D eigenvalue weighted by Crippen LogP contribution is 2.01. The molecule has 0 bridgehead atoms. The molecule has 0 aliphatic heterocycles.